The van der Waals surface area contributed by atoms with Crippen molar-refractivity contribution < 1.29 is 18.3 Å². The lowest BCUT2D eigenvalue weighted by Crippen LogP contribution is -2.51. The second kappa shape index (κ2) is 9.43. The lowest BCUT2D eigenvalue weighted by Gasteiger charge is -2.35. The Kier molecular flexibility index (Phi) is 6.92. The van der Waals surface area contributed by atoms with Crippen LogP contribution in [-0.2, 0) is 21.8 Å². The van der Waals surface area contributed by atoms with E-state index < -0.39 is 21.5 Å². The molecule has 3 aromatic carbocycles. The van der Waals surface area contributed by atoms with E-state index in [1.165, 1.54) is 12.1 Å². The summed E-state index contributed by atoms with van der Waals surface area (Å²) >= 11 is 0. The van der Waals surface area contributed by atoms with Gasteiger partial charge in [-0.05, 0) is 48.2 Å². The number of ether oxygens (including phenoxy) is 1. The number of benzene rings is 3. The van der Waals surface area contributed by atoms with Crippen molar-refractivity contribution in [3.63, 3.8) is 0 Å². The van der Waals surface area contributed by atoms with Crippen molar-refractivity contribution in [2.75, 3.05) is 12.9 Å². The smallest absolute Gasteiger partial charge is 0.175 e. The minimum atomic E-state index is -3.31. The van der Waals surface area contributed by atoms with Gasteiger partial charge in [-0.1, -0.05) is 60.7 Å². The zero-order chi connectivity index (χ0) is 21.6. The highest BCUT2D eigenvalue weighted by Crippen LogP contribution is 2.30. The SMILES string of the molecule is CS(=O)(=O)c1ccc(C(N)(CCc2ccccc2)C(O)COc2ccccc2)cc1. The van der Waals surface area contributed by atoms with Gasteiger partial charge in [0, 0.05) is 6.26 Å². The maximum atomic E-state index is 11.8. The molecule has 0 aliphatic carbocycles. The third-order valence-electron chi connectivity index (χ3n) is 5.24. The van der Waals surface area contributed by atoms with Gasteiger partial charge in [0.2, 0.25) is 0 Å². The van der Waals surface area contributed by atoms with Crippen molar-refractivity contribution in [1.82, 2.24) is 0 Å². The van der Waals surface area contributed by atoms with E-state index in [9.17, 15) is 13.5 Å². The number of aliphatic hydroxyl groups is 1. The van der Waals surface area contributed by atoms with Crippen LogP contribution in [0.4, 0.5) is 0 Å². The van der Waals surface area contributed by atoms with Crippen LogP contribution in [0.1, 0.15) is 17.5 Å². The molecular weight excluding hydrogens is 398 g/mol. The van der Waals surface area contributed by atoms with E-state index in [1.807, 2.05) is 60.7 Å². The number of para-hydroxylation sites is 1. The fourth-order valence-corrected chi connectivity index (χ4v) is 3.98. The first-order chi connectivity index (χ1) is 14.3. The topological polar surface area (TPSA) is 89.6 Å². The van der Waals surface area contributed by atoms with Crippen LogP contribution in [0.5, 0.6) is 5.75 Å². The van der Waals surface area contributed by atoms with E-state index in [-0.39, 0.29) is 11.5 Å². The number of hydrogen-bond acceptors (Lipinski definition) is 5. The monoisotopic (exact) mass is 425 g/mol. The van der Waals surface area contributed by atoms with E-state index in [4.69, 9.17) is 10.5 Å². The number of nitrogens with two attached hydrogens (primary N) is 1. The van der Waals surface area contributed by atoms with Gasteiger partial charge < -0.3 is 15.6 Å². The highest BCUT2D eigenvalue weighted by molar-refractivity contribution is 7.90. The van der Waals surface area contributed by atoms with E-state index in [1.54, 1.807) is 12.1 Å². The second-order valence-electron chi connectivity index (χ2n) is 7.46. The van der Waals surface area contributed by atoms with Gasteiger partial charge in [0.15, 0.2) is 9.84 Å². The lowest BCUT2D eigenvalue weighted by molar-refractivity contribution is 0.0334. The molecule has 0 heterocycles. The van der Waals surface area contributed by atoms with Crippen LogP contribution in [-0.4, -0.2) is 32.5 Å². The number of aryl methyl sites for hydroxylation is 1. The quantitative estimate of drug-likeness (QED) is 0.549. The molecule has 2 atom stereocenters. The molecule has 0 saturated heterocycles. The van der Waals surface area contributed by atoms with Crippen LogP contribution in [0.2, 0.25) is 0 Å². The summed E-state index contributed by atoms with van der Waals surface area (Å²) in [7, 11) is -3.31. The third-order valence-corrected chi connectivity index (χ3v) is 6.36. The van der Waals surface area contributed by atoms with Gasteiger partial charge >= 0.3 is 0 Å². The summed E-state index contributed by atoms with van der Waals surface area (Å²) in [5, 5.41) is 11.0. The molecule has 0 spiro atoms. The maximum absolute atomic E-state index is 11.8. The van der Waals surface area contributed by atoms with Gasteiger partial charge in [0.05, 0.1) is 10.4 Å². The Bertz CT molecular complexity index is 1040. The Hall–Kier alpha value is -2.67. The maximum Gasteiger partial charge on any atom is 0.175 e. The Morgan fingerprint density at radius 1 is 0.933 bits per heavy atom. The third kappa shape index (κ3) is 5.48. The highest BCUT2D eigenvalue weighted by Gasteiger charge is 2.36. The van der Waals surface area contributed by atoms with Crippen LogP contribution in [0.3, 0.4) is 0 Å². The van der Waals surface area contributed by atoms with E-state index >= 15 is 0 Å². The summed E-state index contributed by atoms with van der Waals surface area (Å²) in [6, 6.07) is 25.5. The standard InChI is InChI=1S/C24H27NO4S/c1-30(27,28)22-14-12-20(13-15-22)24(25,17-16-19-8-4-2-5-9-19)23(26)18-29-21-10-6-3-7-11-21/h2-15,23,26H,16-18,25H2,1H3. The Balaban J connectivity index is 1.84. The number of rotatable bonds is 9. The Morgan fingerprint density at radius 3 is 2.07 bits per heavy atom. The average molecular weight is 426 g/mol. The van der Waals surface area contributed by atoms with Gasteiger partial charge in [-0.3, -0.25) is 0 Å². The molecule has 0 aromatic heterocycles. The second-order valence-corrected chi connectivity index (χ2v) is 9.48. The summed E-state index contributed by atoms with van der Waals surface area (Å²) in [5.41, 5.74) is 7.41. The minimum Gasteiger partial charge on any atom is -0.491 e. The van der Waals surface area contributed by atoms with E-state index in [0.29, 0.717) is 24.2 Å². The molecule has 0 saturated carbocycles. The number of aliphatic hydroxyl groups excluding tert-OH is 1. The predicted octanol–water partition coefficient (Wildman–Crippen LogP) is 3.32. The average Bonchev–Trinajstić information content (AvgIpc) is 2.76. The zero-order valence-corrected chi connectivity index (χ0v) is 17.8. The fourth-order valence-electron chi connectivity index (χ4n) is 3.35. The van der Waals surface area contributed by atoms with Crippen LogP contribution in [0.15, 0.2) is 89.8 Å². The van der Waals surface area contributed by atoms with Gasteiger partial charge in [-0.25, -0.2) is 8.42 Å². The molecule has 0 aliphatic rings. The zero-order valence-electron chi connectivity index (χ0n) is 16.9. The van der Waals surface area contributed by atoms with Gasteiger partial charge in [0.1, 0.15) is 18.5 Å². The molecule has 0 fully saturated rings. The molecule has 0 amide bonds. The summed E-state index contributed by atoms with van der Waals surface area (Å²) in [6.45, 7) is 0.0170. The minimum absolute atomic E-state index is 0.0170. The predicted molar refractivity (Wildman–Crippen MR) is 118 cm³/mol. The van der Waals surface area contributed by atoms with Crippen LogP contribution < -0.4 is 10.5 Å². The van der Waals surface area contributed by atoms with E-state index in [0.717, 1.165) is 11.8 Å². The molecule has 3 aromatic rings. The number of sulfone groups is 1. The Labute approximate surface area is 178 Å². The van der Waals surface area contributed by atoms with Crippen molar-refractivity contribution in [1.29, 1.82) is 0 Å². The molecule has 2 unspecified atom stereocenters. The first-order valence-corrected chi connectivity index (χ1v) is 11.7. The molecule has 3 rings (SSSR count). The van der Waals surface area contributed by atoms with Crippen LogP contribution >= 0.6 is 0 Å². The van der Waals surface area contributed by atoms with E-state index in [2.05, 4.69) is 0 Å². The first-order valence-electron chi connectivity index (χ1n) is 9.78. The molecule has 5 nitrogen and oxygen atoms in total. The normalized spacial score (nSPS) is 14.6. The highest BCUT2D eigenvalue weighted by atomic mass is 32.2. The van der Waals surface area contributed by atoms with Crippen molar-refractivity contribution in [2.45, 2.75) is 29.4 Å². The summed E-state index contributed by atoms with van der Waals surface area (Å²) in [6.07, 6.45) is 1.29. The Morgan fingerprint density at radius 2 is 1.50 bits per heavy atom. The van der Waals surface area contributed by atoms with Crippen molar-refractivity contribution in [2.24, 2.45) is 5.73 Å². The summed E-state index contributed by atoms with van der Waals surface area (Å²) in [5.74, 6) is 0.648. The molecule has 6 heteroatoms. The fraction of sp³-hybridized carbons (Fsp3) is 0.250. The molecule has 0 radical (unpaired) electrons. The molecular formula is C24H27NO4S. The summed E-state index contributed by atoms with van der Waals surface area (Å²) < 4.78 is 29.3. The first kappa shape index (κ1) is 22.0. The molecule has 3 N–H and O–H groups in total. The molecule has 0 aliphatic heterocycles. The molecule has 158 valence electrons. The number of hydrogen-bond donors (Lipinski definition) is 2. The van der Waals surface area contributed by atoms with Crippen LogP contribution in [0, 0.1) is 0 Å². The van der Waals surface area contributed by atoms with Gasteiger partial charge in [0.25, 0.3) is 0 Å². The molecule has 0 bridgehead atoms. The molecule has 30 heavy (non-hydrogen) atoms. The van der Waals surface area contributed by atoms with Crippen molar-refractivity contribution >= 4 is 9.84 Å². The van der Waals surface area contributed by atoms with Crippen molar-refractivity contribution in [3.8, 4) is 5.75 Å². The van der Waals surface area contributed by atoms with Gasteiger partial charge in [-0.15, -0.1) is 0 Å². The van der Waals surface area contributed by atoms with Gasteiger partial charge in [-0.2, -0.15) is 0 Å². The van der Waals surface area contributed by atoms with Crippen molar-refractivity contribution in [3.05, 3.63) is 96.1 Å². The largest absolute Gasteiger partial charge is 0.491 e. The summed E-state index contributed by atoms with van der Waals surface area (Å²) in [4.78, 5) is 0.215. The lowest BCUT2D eigenvalue weighted by atomic mass is 9.80. The van der Waals surface area contributed by atoms with Crippen LogP contribution in [0.25, 0.3) is 0 Å².